The van der Waals surface area contributed by atoms with Crippen LogP contribution in [0.5, 0.6) is 5.75 Å². The predicted octanol–water partition coefficient (Wildman–Crippen LogP) is 4.33. The number of hydrogen-bond donors (Lipinski definition) is 1. The molecule has 2 aromatic rings. The van der Waals surface area contributed by atoms with Gasteiger partial charge in [0.2, 0.25) is 11.8 Å². The molecule has 0 aliphatic carbocycles. The van der Waals surface area contributed by atoms with E-state index in [0.29, 0.717) is 28.2 Å². The van der Waals surface area contributed by atoms with Gasteiger partial charge >= 0.3 is 0 Å². The van der Waals surface area contributed by atoms with Crippen LogP contribution in [0.3, 0.4) is 0 Å². The highest BCUT2D eigenvalue weighted by Gasteiger charge is 2.34. The zero-order chi connectivity index (χ0) is 20.1. The van der Waals surface area contributed by atoms with E-state index < -0.39 is 5.25 Å². The summed E-state index contributed by atoms with van der Waals surface area (Å²) in [7, 11) is 1.66. The minimum Gasteiger partial charge on any atom is -0.494 e. The molecule has 3 rings (SSSR count). The van der Waals surface area contributed by atoms with Crippen LogP contribution in [0.1, 0.15) is 13.3 Å². The summed E-state index contributed by atoms with van der Waals surface area (Å²) >= 11 is 7.16. The van der Waals surface area contributed by atoms with E-state index in [1.165, 1.54) is 16.7 Å². The number of amides is 2. The quantitative estimate of drug-likeness (QED) is 0.786. The van der Waals surface area contributed by atoms with Crippen molar-refractivity contribution < 1.29 is 14.3 Å². The molecule has 1 fully saturated rings. The first-order valence-electron chi connectivity index (χ1n) is 8.77. The summed E-state index contributed by atoms with van der Waals surface area (Å²) in [6.45, 7) is 2.49. The highest BCUT2D eigenvalue weighted by Crippen LogP contribution is 2.29. The number of carbonyl (C=O) groups is 2. The van der Waals surface area contributed by atoms with Crippen molar-refractivity contribution in [1.29, 1.82) is 0 Å². The molecular weight excluding hydrogens is 398 g/mol. The lowest BCUT2D eigenvalue weighted by Crippen LogP contribution is -2.43. The molecule has 1 aliphatic heterocycles. The van der Waals surface area contributed by atoms with Crippen LogP contribution in [0.25, 0.3) is 0 Å². The van der Waals surface area contributed by atoms with Gasteiger partial charge in [0.05, 0.1) is 12.3 Å². The lowest BCUT2D eigenvalue weighted by Gasteiger charge is -2.28. The maximum Gasteiger partial charge on any atom is 0.238 e. The van der Waals surface area contributed by atoms with E-state index in [1.54, 1.807) is 55.6 Å². The van der Waals surface area contributed by atoms with E-state index in [1.807, 2.05) is 6.92 Å². The van der Waals surface area contributed by atoms with Crippen LogP contribution in [0.2, 0.25) is 5.02 Å². The lowest BCUT2D eigenvalue weighted by atomic mass is 10.2. The van der Waals surface area contributed by atoms with Crippen LogP contribution in [0.15, 0.2) is 53.5 Å². The van der Waals surface area contributed by atoms with Gasteiger partial charge < -0.3 is 10.1 Å². The molecule has 1 N–H and O–H groups in total. The molecule has 0 aromatic heterocycles. The van der Waals surface area contributed by atoms with E-state index in [4.69, 9.17) is 16.3 Å². The molecule has 2 aromatic carbocycles. The first kappa shape index (κ1) is 20.2. The number of benzene rings is 2. The Morgan fingerprint density at radius 2 is 1.93 bits per heavy atom. The molecule has 0 radical (unpaired) electrons. The number of nitrogens with one attached hydrogen (secondary N) is 1. The fraction of sp³-hybridized carbons (Fsp3) is 0.250. The molecule has 146 valence electrons. The van der Waals surface area contributed by atoms with Gasteiger partial charge in [-0.05, 0) is 55.5 Å². The Morgan fingerprint density at radius 1 is 1.25 bits per heavy atom. The third kappa shape index (κ3) is 5.05. The molecule has 0 bridgehead atoms. The van der Waals surface area contributed by atoms with Crippen molar-refractivity contribution in [1.82, 2.24) is 4.90 Å². The number of ether oxygens (including phenoxy) is 1. The summed E-state index contributed by atoms with van der Waals surface area (Å²) in [5.74, 6) is 0.347. The summed E-state index contributed by atoms with van der Waals surface area (Å²) < 4.78 is 5.40. The summed E-state index contributed by atoms with van der Waals surface area (Å²) in [6, 6.07) is 14.1. The molecule has 1 saturated heterocycles. The van der Waals surface area contributed by atoms with Gasteiger partial charge in [0, 0.05) is 24.2 Å². The van der Waals surface area contributed by atoms with Crippen molar-refractivity contribution in [2.24, 2.45) is 4.99 Å². The van der Waals surface area contributed by atoms with Crippen LogP contribution >= 0.6 is 23.4 Å². The van der Waals surface area contributed by atoms with Gasteiger partial charge in [-0.15, -0.1) is 0 Å². The smallest absolute Gasteiger partial charge is 0.238 e. The number of aliphatic imine (C=N–C) groups is 1. The summed E-state index contributed by atoms with van der Waals surface area (Å²) in [4.78, 5) is 31.0. The average Bonchev–Trinajstić information content (AvgIpc) is 2.68. The van der Waals surface area contributed by atoms with Crippen molar-refractivity contribution in [3.05, 3.63) is 53.6 Å². The Labute approximate surface area is 172 Å². The van der Waals surface area contributed by atoms with Gasteiger partial charge in [-0.25, -0.2) is 4.99 Å². The van der Waals surface area contributed by atoms with Crippen LogP contribution in [-0.4, -0.2) is 40.8 Å². The van der Waals surface area contributed by atoms with Gasteiger partial charge in [0.15, 0.2) is 5.17 Å². The summed E-state index contributed by atoms with van der Waals surface area (Å²) in [5, 5.41) is 3.38. The Balaban J connectivity index is 1.71. The zero-order valence-corrected chi connectivity index (χ0v) is 17.1. The second-order valence-electron chi connectivity index (χ2n) is 6.08. The minimum atomic E-state index is -0.554. The van der Waals surface area contributed by atoms with Gasteiger partial charge in [0.1, 0.15) is 11.0 Å². The Bertz CT molecular complexity index is 885. The van der Waals surface area contributed by atoms with E-state index in [2.05, 4.69) is 10.3 Å². The van der Waals surface area contributed by atoms with Gasteiger partial charge in [-0.3, -0.25) is 14.5 Å². The van der Waals surface area contributed by atoms with Crippen LogP contribution in [-0.2, 0) is 9.59 Å². The van der Waals surface area contributed by atoms with E-state index in [0.717, 1.165) is 5.75 Å². The number of carbonyl (C=O) groups excluding carboxylic acids is 2. The standard InChI is InChI=1S/C20H20ClN3O3S/c1-3-27-16-10-8-14(9-11-16)22-19(26)17-12-18(25)24(2)20(28-17)23-15-6-4-13(21)5-7-15/h4-11,17H,3,12H2,1-2H3,(H,22,26)/t17-/m1/s1. The lowest BCUT2D eigenvalue weighted by molar-refractivity contribution is -0.128. The van der Waals surface area contributed by atoms with E-state index >= 15 is 0 Å². The van der Waals surface area contributed by atoms with Gasteiger partial charge in [-0.1, -0.05) is 23.4 Å². The number of hydrogen-bond acceptors (Lipinski definition) is 5. The minimum absolute atomic E-state index is 0.115. The van der Waals surface area contributed by atoms with Crippen molar-refractivity contribution in [2.75, 3.05) is 19.0 Å². The van der Waals surface area contributed by atoms with Gasteiger partial charge in [-0.2, -0.15) is 0 Å². The Hall–Kier alpha value is -2.51. The van der Waals surface area contributed by atoms with Crippen molar-refractivity contribution in [3.8, 4) is 5.75 Å². The first-order chi connectivity index (χ1) is 13.5. The maximum atomic E-state index is 12.7. The highest BCUT2D eigenvalue weighted by molar-refractivity contribution is 8.15. The van der Waals surface area contributed by atoms with Crippen molar-refractivity contribution >= 4 is 51.7 Å². The van der Waals surface area contributed by atoms with Crippen LogP contribution in [0, 0.1) is 0 Å². The monoisotopic (exact) mass is 417 g/mol. The normalized spacial score (nSPS) is 18.2. The third-order valence-corrected chi connectivity index (χ3v) is 5.54. The first-order valence-corrected chi connectivity index (χ1v) is 10.0. The number of anilines is 1. The fourth-order valence-electron chi connectivity index (χ4n) is 2.55. The van der Waals surface area contributed by atoms with Crippen molar-refractivity contribution in [2.45, 2.75) is 18.6 Å². The molecule has 1 atom stereocenters. The Kier molecular flexibility index (Phi) is 6.59. The summed E-state index contributed by atoms with van der Waals surface area (Å²) in [5.41, 5.74) is 1.32. The van der Waals surface area contributed by atoms with Crippen LogP contribution < -0.4 is 10.1 Å². The topological polar surface area (TPSA) is 71.0 Å². The molecule has 6 nitrogen and oxygen atoms in total. The molecule has 0 unspecified atom stereocenters. The Morgan fingerprint density at radius 3 is 2.57 bits per heavy atom. The average molecular weight is 418 g/mol. The number of rotatable bonds is 5. The third-order valence-electron chi connectivity index (χ3n) is 4.05. The summed E-state index contributed by atoms with van der Waals surface area (Å²) in [6.07, 6.45) is 0.115. The predicted molar refractivity (Wildman–Crippen MR) is 114 cm³/mol. The molecule has 0 spiro atoms. The van der Waals surface area contributed by atoms with Crippen LogP contribution in [0.4, 0.5) is 11.4 Å². The number of thioether (sulfide) groups is 1. The molecule has 28 heavy (non-hydrogen) atoms. The van der Waals surface area contributed by atoms with E-state index in [9.17, 15) is 9.59 Å². The maximum absolute atomic E-state index is 12.7. The fourth-order valence-corrected chi connectivity index (χ4v) is 3.74. The van der Waals surface area contributed by atoms with Crippen molar-refractivity contribution in [3.63, 3.8) is 0 Å². The molecule has 8 heteroatoms. The highest BCUT2D eigenvalue weighted by atomic mass is 35.5. The molecule has 1 aliphatic rings. The van der Waals surface area contributed by atoms with E-state index in [-0.39, 0.29) is 18.2 Å². The van der Waals surface area contributed by atoms with Gasteiger partial charge in [0.25, 0.3) is 0 Å². The molecule has 2 amide bonds. The molecular formula is C20H20ClN3O3S. The second-order valence-corrected chi connectivity index (χ2v) is 7.69. The molecule has 0 saturated carbocycles. The number of halogens is 1. The largest absolute Gasteiger partial charge is 0.494 e. The zero-order valence-electron chi connectivity index (χ0n) is 15.5. The SMILES string of the molecule is CCOc1ccc(NC(=O)[C@H]2CC(=O)N(C)C(=Nc3ccc(Cl)cc3)S2)cc1. The second kappa shape index (κ2) is 9.12. The number of nitrogens with zero attached hydrogens (tertiary/aromatic N) is 2. The number of amidine groups is 1. The molecule has 1 heterocycles.